The van der Waals surface area contributed by atoms with E-state index in [2.05, 4.69) is 5.32 Å². The smallest absolute Gasteiger partial charge is 0.416 e. The molecule has 0 aliphatic heterocycles. The highest BCUT2D eigenvalue weighted by Crippen LogP contribution is 2.30. The number of aliphatic hydroxyl groups excluding tert-OH is 1. The summed E-state index contributed by atoms with van der Waals surface area (Å²) in [5.41, 5.74) is 0.903. The summed E-state index contributed by atoms with van der Waals surface area (Å²) in [5, 5.41) is 13.3. The first-order chi connectivity index (χ1) is 13.2. The molecule has 7 heteroatoms. The van der Waals surface area contributed by atoms with Crippen molar-refractivity contribution in [3.63, 3.8) is 0 Å². The number of halogens is 3. The van der Waals surface area contributed by atoms with Crippen LogP contribution in [-0.2, 0) is 17.3 Å². The van der Waals surface area contributed by atoms with Gasteiger partial charge < -0.3 is 15.2 Å². The Labute approximate surface area is 162 Å². The molecule has 4 nitrogen and oxygen atoms in total. The molecule has 28 heavy (non-hydrogen) atoms. The number of carbonyl (C=O) groups is 1. The van der Waals surface area contributed by atoms with E-state index in [1.165, 1.54) is 12.1 Å². The predicted molar refractivity (Wildman–Crippen MR) is 100.0 cm³/mol. The van der Waals surface area contributed by atoms with Gasteiger partial charge in [0, 0.05) is 12.6 Å². The quantitative estimate of drug-likeness (QED) is 0.660. The summed E-state index contributed by atoms with van der Waals surface area (Å²) in [7, 11) is 0. The number of benzene rings is 2. The Morgan fingerprint density at radius 1 is 1.18 bits per heavy atom. The minimum Gasteiger partial charge on any atom is -0.462 e. The van der Waals surface area contributed by atoms with Crippen LogP contribution in [0.5, 0.6) is 0 Å². The van der Waals surface area contributed by atoms with Crippen molar-refractivity contribution in [3.8, 4) is 0 Å². The van der Waals surface area contributed by atoms with E-state index in [9.17, 15) is 23.1 Å². The van der Waals surface area contributed by atoms with Crippen molar-refractivity contribution in [3.05, 3.63) is 70.8 Å². The highest BCUT2D eigenvalue weighted by atomic mass is 19.4. The van der Waals surface area contributed by atoms with Gasteiger partial charge in [0.25, 0.3) is 0 Å². The second kappa shape index (κ2) is 9.71. The molecule has 2 aromatic rings. The molecule has 2 aromatic carbocycles. The topological polar surface area (TPSA) is 58.6 Å². The van der Waals surface area contributed by atoms with Crippen molar-refractivity contribution in [1.29, 1.82) is 0 Å². The lowest BCUT2D eigenvalue weighted by Crippen LogP contribution is -2.32. The molecule has 0 aliphatic carbocycles. The molecule has 2 N–H and O–H groups in total. The Bertz CT molecular complexity index is 775. The van der Waals surface area contributed by atoms with Gasteiger partial charge in [-0.3, -0.25) is 0 Å². The second-order valence-corrected chi connectivity index (χ2v) is 6.57. The molecule has 0 aromatic heterocycles. The van der Waals surface area contributed by atoms with Gasteiger partial charge in [-0.05, 0) is 55.7 Å². The van der Waals surface area contributed by atoms with Gasteiger partial charge in [0.15, 0.2) is 0 Å². The number of hydrogen-bond donors (Lipinski definition) is 2. The van der Waals surface area contributed by atoms with E-state index < -0.39 is 17.8 Å². The maximum Gasteiger partial charge on any atom is 0.416 e. The molecule has 0 amide bonds. The summed E-state index contributed by atoms with van der Waals surface area (Å²) in [6, 6.07) is 11.7. The van der Waals surface area contributed by atoms with Crippen molar-refractivity contribution in [2.75, 3.05) is 13.2 Å². The molecule has 0 heterocycles. The van der Waals surface area contributed by atoms with E-state index in [4.69, 9.17) is 4.74 Å². The molecule has 0 aliphatic rings. The molecule has 0 saturated heterocycles. The normalized spacial score (nSPS) is 13.8. The van der Waals surface area contributed by atoms with Crippen LogP contribution < -0.4 is 5.32 Å². The zero-order valence-electron chi connectivity index (χ0n) is 15.8. The average Bonchev–Trinajstić information content (AvgIpc) is 2.66. The third-order valence-electron chi connectivity index (χ3n) is 4.27. The largest absolute Gasteiger partial charge is 0.462 e. The molecule has 0 saturated carbocycles. The fourth-order valence-electron chi connectivity index (χ4n) is 2.77. The predicted octanol–water partition coefficient (Wildman–Crippen LogP) is 4.14. The molecule has 152 valence electrons. The lowest BCUT2D eigenvalue weighted by atomic mass is 10.0. The van der Waals surface area contributed by atoms with Crippen LogP contribution in [0.4, 0.5) is 13.2 Å². The monoisotopic (exact) mass is 395 g/mol. The number of hydrogen-bond acceptors (Lipinski definition) is 4. The van der Waals surface area contributed by atoms with Crippen LogP contribution in [0.2, 0.25) is 0 Å². The third kappa shape index (κ3) is 6.35. The van der Waals surface area contributed by atoms with Gasteiger partial charge in [0.1, 0.15) is 0 Å². The van der Waals surface area contributed by atoms with Gasteiger partial charge in [-0.15, -0.1) is 0 Å². The van der Waals surface area contributed by atoms with E-state index in [0.29, 0.717) is 18.6 Å². The summed E-state index contributed by atoms with van der Waals surface area (Å²) in [5.74, 6) is -0.371. The van der Waals surface area contributed by atoms with E-state index >= 15 is 0 Å². The van der Waals surface area contributed by atoms with Gasteiger partial charge in [0.05, 0.1) is 23.8 Å². The summed E-state index contributed by atoms with van der Waals surface area (Å²) in [4.78, 5) is 11.6. The minimum atomic E-state index is -4.44. The Kier molecular flexibility index (Phi) is 7.60. The summed E-state index contributed by atoms with van der Waals surface area (Å²) < 4.78 is 43.3. The standard InChI is InChI=1S/C21H24F3NO3/c1-3-28-20(27)16-9-7-15(8-10-16)11-14(2)25-13-19(26)17-5-4-6-18(12-17)21(22,23)24/h4-10,12,14,19,25-26H,3,11,13H2,1-2H3. The molecule has 0 radical (unpaired) electrons. The highest BCUT2D eigenvalue weighted by molar-refractivity contribution is 5.89. The maximum absolute atomic E-state index is 12.8. The molecule has 0 spiro atoms. The van der Waals surface area contributed by atoms with Gasteiger partial charge in [-0.25, -0.2) is 4.79 Å². The Balaban J connectivity index is 1.88. The maximum atomic E-state index is 12.8. The fourth-order valence-corrected chi connectivity index (χ4v) is 2.77. The molecule has 2 atom stereocenters. The fraction of sp³-hybridized carbons (Fsp3) is 0.381. The first kappa shape index (κ1) is 21.9. The molecule has 0 bridgehead atoms. The molecule has 2 rings (SSSR count). The number of alkyl halides is 3. The van der Waals surface area contributed by atoms with Crippen LogP contribution in [0.1, 0.15) is 47.0 Å². The van der Waals surface area contributed by atoms with Crippen molar-refractivity contribution < 1.29 is 27.8 Å². The van der Waals surface area contributed by atoms with Crippen molar-refractivity contribution >= 4 is 5.97 Å². The van der Waals surface area contributed by atoms with Crippen molar-refractivity contribution in [1.82, 2.24) is 5.32 Å². The zero-order chi connectivity index (χ0) is 20.7. The van der Waals surface area contributed by atoms with Crippen LogP contribution in [0, 0.1) is 0 Å². The second-order valence-electron chi connectivity index (χ2n) is 6.57. The van der Waals surface area contributed by atoms with Crippen LogP contribution in [0.15, 0.2) is 48.5 Å². The van der Waals surface area contributed by atoms with E-state index in [1.807, 2.05) is 19.1 Å². The van der Waals surface area contributed by atoms with Crippen LogP contribution in [0.25, 0.3) is 0 Å². The van der Waals surface area contributed by atoms with Crippen LogP contribution in [-0.4, -0.2) is 30.3 Å². The number of ether oxygens (including phenoxy) is 1. The third-order valence-corrected chi connectivity index (χ3v) is 4.27. The first-order valence-corrected chi connectivity index (χ1v) is 9.05. The molecule has 0 fully saturated rings. The molecule has 2 unspecified atom stereocenters. The van der Waals surface area contributed by atoms with Gasteiger partial charge in [-0.1, -0.05) is 24.3 Å². The first-order valence-electron chi connectivity index (χ1n) is 9.05. The van der Waals surface area contributed by atoms with Crippen LogP contribution in [0.3, 0.4) is 0 Å². The lowest BCUT2D eigenvalue weighted by Gasteiger charge is -2.18. The number of carbonyl (C=O) groups excluding carboxylic acids is 1. The van der Waals surface area contributed by atoms with Crippen LogP contribution >= 0.6 is 0 Å². The SMILES string of the molecule is CCOC(=O)c1ccc(CC(C)NCC(O)c2cccc(C(F)(F)F)c2)cc1. The van der Waals surface area contributed by atoms with Crippen molar-refractivity contribution in [2.24, 2.45) is 0 Å². The van der Waals surface area contributed by atoms with E-state index in [0.717, 1.165) is 17.7 Å². The summed E-state index contributed by atoms with van der Waals surface area (Å²) >= 11 is 0. The van der Waals surface area contributed by atoms with E-state index in [-0.39, 0.29) is 24.1 Å². The molecular formula is C21H24F3NO3. The Morgan fingerprint density at radius 2 is 1.86 bits per heavy atom. The Morgan fingerprint density at radius 3 is 2.46 bits per heavy atom. The number of nitrogens with one attached hydrogen (secondary N) is 1. The summed E-state index contributed by atoms with van der Waals surface area (Å²) in [6.45, 7) is 4.10. The Hall–Kier alpha value is -2.38. The van der Waals surface area contributed by atoms with Gasteiger partial charge in [-0.2, -0.15) is 13.2 Å². The number of esters is 1. The van der Waals surface area contributed by atoms with E-state index in [1.54, 1.807) is 19.1 Å². The molecular weight excluding hydrogens is 371 g/mol. The highest BCUT2D eigenvalue weighted by Gasteiger charge is 2.30. The number of rotatable bonds is 8. The summed E-state index contributed by atoms with van der Waals surface area (Å²) in [6.07, 6.45) is -4.85. The number of aliphatic hydroxyl groups is 1. The average molecular weight is 395 g/mol. The zero-order valence-corrected chi connectivity index (χ0v) is 15.8. The lowest BCUT2D eigenvalue weighted by molar-refractivity contribution is -0.137. The minimum absolute atomic E-state index is 0.0195. The van der Waals surface area contributed by atoms with Crippen molar-refractivity contribution in [2.45, 2.75) is 38.6 Å². The van der Waals surface area contributed by atoms with Gasteiger partial charge >= 0.3 is 12.1 Å². The van der Waals surface area contributed by atoms with Gasteiger partial charge in [0.2, 0.25) is 0 Å².